The summed E-state index contributed by atoms with van der Waals surface area (Å²) < 4.78 is 2.17. The summed E-state index contributed by atoms with van der Waals surface area (Å²) in [6.07, 6.45) is 3.67. The quantitative estimate of drug-likeness (QED) is 0.308. The topological polar surface area (TPSA) is 71.2 Å². The van der Waals surface area contributed by atoms with Crippen molar-refractivity contribution in [2.45, 2.75) is 0 Å². The van der Waals surface area contributed by atoms with E-state index in [2.05, 4.69) is 45.9 Å². The molecule has 0 spiro atoms. The third-order valence-corrected chi connectivity index (χ3v) is 7.09. The molecule has 180 valence electrons. The first-order chi connectivity index (χ1) is 18.7. The minimum absolute atomic E-state index is 0.464. The van der Waals surface area contributed by atoms with E-state index in [4.69, 9.17) is 4.98 Å². The van der Waals surface area contributed by atoms with Crippen LogP contribution in [0, 0.1) is 0 Å². The van der Waals surface area contributed by atoms with E-state index < -0.39 is 7.12 Å². The molecule has 0 atom stereocenters. The SMILES string of the molecule is OB(O)c1cc2c(c3ccccc13)c1cnccc1n2-c1cc(-c2ccccc2)nc(-c2ccccc2)c1. The Bertz CT molecular complexity index is 1890. The van der Waals surface area contributed by atoms with Gasteiger partial charge in [0.2, 0.25) is 0 Å². The highest BCUT2D eigenvalue weighted by atomic mass is 16.4. The fraction of sp³-hybridized carbons (Fsp3) is 0. The molecule has 38 heavy (non-hydrogen) atoms. The molecule has 0 aliphatic heterocycles. The summed E-state index contributed by atoms with van der Waals surface area (Å²) in [4.78, 5) is 9.47. The van der Waals surface area contributed by atoms with Gasteiger partial charge in [-0.05, 0) is 40.5 Å². The normalized spacial score (nSPS) is 11.4. The standard InChI is InChI=1S/C32H22BN3O2/c37-33(38)27-19-31-32(25-14-8-7-13-24(25)27)26-20-34-16-15-30(26)36(31)23-17-28(21-9-3-1-4-10-21)35-29(18-23)22-11-5-2-6-12-22/h1-20,37-38H. The van der Waals surface area contributed by atoms with Crippen LogP contribution in [0.15, 0.2) is 122 Å². The molecule has 0 amide bonds. The smallest absolute Gasteiger partial charge is 0.423 e. The Balaban J connectivity index is 1.62. The molecule has 3 aromatic heterocycles. The molecular formula is C32H22BN3O2. The van der Waals surface area contributed by atoms with Gasteiger partial charge in [-0.2, -0.15) is 0 Å². The first kappa shape index (κ1) is 22.4. The van der Waals surface area contributed by atoms with Crippen molar-refractivity contribution in [2.24, 2.45) is 0 Å². The predicted molar refractivity (Wildman–Crippen MR) is 155 cm³/mol. The summed E-state index contributed by atoms with van der Waals surface area (Å²) in [5, 5.41) is 24.4. The highest BCUT2D eigenvalue weighted by Crippen LogP contribution is 2.37. The predicted octanol–water partition coefficient (Wildman–Crippen LogP) is 5.74. The second-order valence-corrected chi connectivity index (χ2v) is 9.34. The van der Waals surface area contributed by atoms with Crippen molar-refractivity contribution in [3.05, 3.63) is 122 Å². The van der Waals surface area contributed by atoms with Crippen molar-refractivity contribution in [1.29, 1.82) is 0 Å². The fourth-order valence-electron chi connectivity index (χ4n) is 5.40. The minimum Gasteiger partial charge on any atom is -0.423 e. The van der Waals surface area contributed by atoms with Gasteiger partial charge in [-0.3, -0.25) is 4.98 Å². The van der Waals surface area contributed by atoms with Gasteiger partial charge >= 0.3 is 7.12 Å². The van der Waals surface area contributed by atoms with Gasteiger partial charge in [0.05, 0.1) is 28.1 Å². The van der Waals surface area contributed by atoms with Gasteiger partial charge in [-0.15, -0.1) is 0 Å². The lowest BCUT2D eigenvalue weighted by Crippen LogP contribution is -2.30. The number of aromatic nitrogens is 3. The highest BCUT2D eigenvalue weighted by molar-refractivity contribution is 6.62. The number of hydrogen-bond donors (Lipinski definition) is 2. The molecule has 0 saturated carbocycles. The Morgan fingerprint density at radius 2 is 1.21 bits per heavy atom. The van der Waals surface area contributed by atoms with Gasteiger partial charge in [0.25, 0.3) is 0 Å². The van der Waals surface area contributed by atoms with Crippen molar-refractivity contribution in [3.63, 3.8) is 0 Å². The van der Waals surface area contributed by atoms with Crippen molar-refractivity contribution >= 4 is 45.2 Å². The van der Waals surface area contributed by atoms with Crippen LogP contribution in [0.4, 0.5) is 0 Å². The summed E-state index contributed by atoms with van der Waals surface area (Å²) in [5.41, 5.74) is 7.00. The molecule has 0 radical (unpaired) electrons. The van der Waals surface area contributed by atoms with Crippen LogP contribution in [-0.2, 0) is 0 Å². The number of pyridine rings is 2. The Kier molecular flexibility index (Phi) is 5.29. The minimum atomic E-state index is -1.61. The molecule has 5 nitrogen and oxygen atoms in total. The first-order valence-corrected chi connectivity index (χ1v) is 12.5. The largest absolute Gasteiger partial charge is 0.489 e. The zero-order valence-corrected chi connectivity index (χ0v) is 20.4. The highest BCUT2D eigenvalue weighted by Gasteiger charge is 2.22. The molecular weight excluding hydrogens is 469 g/mol. The lowest BCUT2D eigenvalue weighted by atomic mass is 9.76. The Morgan fingerprint density at radius 3 is 1.84 bits per heavy atom. The summed E-state index contributed by atoms with van der Waals surface area (Å²) in [6, 6.07) is 36.2. The van der Waals surface area contributed by atoms with E-state index in [-0.39, 0.29) is 0 Å². The maximum absolute atomic E-state index is 10.3. The zero-order valence-electron chi connectivity index (χ0n) is 20.4. The summed E-state index contributed by atoms with van der Waals surface area (Å²) in [5.74, 6) is 0. The maximum atomic E-state index is 10.3. The average Bonchev–Trinajstić information content (AvgIpc) is 3.32. The molecule has 0 aliphatic rings. The third kappa shape index (κ3) is 3.58. The Hall–Kier alpha value is -4.78. The third-order valence-electron chi connectivity index (χ3n) is 7.09. The van der Waals surface area contributed by atoms with Crippen LogP contribution in [-0.4, -0.2) is 31.7 Å². The Labute approximate surface area is 219 Å². The van der Waals surface area contributed by atoms with Crippen molar-refractivity contribution in [1.82, 2.24) is 14.5 Å². The fourth-order valence-corrected chi connectivity index (χ4v) is 5.40. The Morgan fingerprint density at radius 1 is 0.605 bits per heavy atom. The molecule has 0 fully saturated rings. The second-order valence-electron chi connectivity index (χ2n) is 9.34. The van der Waals surface area contributed by atoms with Gasteiger partial charge < -0.3 is 14.6 Å². The molecule has 7 rings (SSSR count). The van der Waals surface area contributed by atoms with Gasteiger partial charge in [0.15, 0.2) is 0 Å². The molecule has 0 saturated heterocycles. The van der Waals surface area contributed by atoms with E-state index in [1.54, 1.807) is 6.20 Å². The average molecular weight is 491 g/mol. The maximum Gasteiger partial charge on any atom is 0.489 e. The van der Waals surface area contributed by atoms with E-state index in [1.807, 2.05) is 79.0 Å². The molecule has 6 heteroatoms. The van der Waals surface area contributed by atoms with E-state index in [1.165, 1.54) is 0 Å². The molecule has 0 aliphatic carbocycles. The van der Waals surface area contributed by atoms with Crippen LogP contribution in [0.1, 0.15) is 0 Å². The summed E-state index contributed by atoms with van der Waals surface area (Å²) in [6.45, 7) is 0. The van der Waals surface area contributed by atoms with Gasteiger partial charge in [0, 0.05) is 34.3 Å². The molecule has 0 unspecified atom stereocenters. The number of nitrogens with zero attached hydrogens (tertiary/aromatic N) is 3. The van der Waals surface area contributed by atoms with E-state index in [0.29, 0.717) is 5.46 Å². The van der Waals surface area contributed by atoms with Crippen molar-refractivity contribution in [3.8, 4) is 28.2 Å². The lowest BCUT2D eigenvalue weighted by Gasteiger charge is -2.14. The van der Waals surface area contributed by atoms with Gasteiger partial charge in [-0.1, -0.05) is 84.9 Å². The number of hydrogen-bond acceptors (Lipinski definition) is 4. The van der Waals surface area contributed by atoms with E-state index in [0.717, 1.165) is 60.8 Å². The number of benzene rings is 4. The van der Waals surface area contributed by atoms with Crippen LogP contribution < -0.4 is 5.46 Å². The van der Waals surface area contributed by atoms with Gasteiger partial charge in [0.1, 0.15) is 0 Å². The number of rotatable bonds is 4. The van der Waals surface area contributed by atoms with Crippen LogP contribution in [0.5, 0.6) is 0 Å². The monoisotopic (exact) mass is 491 g/mol. The second kappa shape index (κ2) is 8.96. The molecule has 4 aromatic carbocycles. The van der Waals surface area contributed by atoms with Crippen LogP contribution in [0.25, 0.3) is 60.8 Å². The molecule has 2 N–H and O–H groups in total. The summed E-state index contributed by atoms with van der Waals surface area (Å²) >= 11 is 0. The lowest BCUT2D eigenvalue weighted by molar-refractivity contribution is 0.426. The van der Waals surface area contributed by atoms with Gasteiger partial charge in [-0.25, -0.2) is 4.98 Å². The van der Waals surface area contributed by atoms with Crippen LogP contribution in [0.3, 0.4) is 0 Å². The van der Waals surface area contributed by atoms with E-state index >= 15 is 0 Å². The van der Waals surface area contributed by atoms with Crippen LogP contribution in [0.2, 0.25) is 0 Å². The van der Waals surface area contributed by atoms with E-state index in [9.17, 15) is 10.0 Å². The van der Waals surface area contributed by atoms with Crippen molar-refractivity contribution < 1.29 is 10.0 Å². The molecule has 7 aromatic rings. The first-order valence-electron chi connectivity index (χ1n) is 12.5. The number of fused-ring (bicyclic) bond motifs is 5. The van der Waals surface area contributed by atoms with Crippen molar-refractivity contribution in [2.75, 3.05) is 0 Å². The molecule has 0 bridgehead atoms. The van der Waals surface area contributed by atoms with Crippen LogP contribution >= 0.6 is 0 Å². The molecule has 3 heterocycles. The summed E-state index contributed by atoms with van der Waals surface area (Å²) in [7, 11) is -1.61. The zero-order chi connectivity index (χ0) is 25.6.